The maximum absolute atomic E-state index is 12.7. The van der Waals surface area contributed by atoms with E-state index in [9.17, 15) is 9.18 Å². The molecule has 1 atom stereocenters. The van der Waals surface area contributed by atoms with Gasteiger partial charge in [-0.1, -0.05) is 38.1 Å². The van der Waals surface area contributed by atoms with Crippen molar-refractivity contribution in [3.05, 3.63) is 35.4 Å². The Morgan fingerprint density at radius 2 is 1.73 bits per heavy atom. The molecule has 0 bridgehead atoms. The molecule has 0 aliphatic carbocycles. The molecule has 0 spiro atoms. The third-order valence-electron chi connectivity index (χ3n) is 2.24. The molecule has 0 aliphatic heterocycles. The van der Waals surface area contributed by atoms with Gasteiger partial charge in [-0.25, -0.2) is 4.39 Å². The summed E-state index contributed by atoms with van der Waals surface area (Å²) in [5, 5.41) is 0. The van der Waals surface area contributed by atoms with Crippen molar-refractivity contribution in [2.75, 3.05) is 0 Å². The van der Waals surface area contributed by atoms with E-state index in [1.54, 1.807) is 12.1 Å². The van der Waals surface area contributed by atoms with Crippen LogP contribution >= 0.6 is 0 Å². The first-order chi connectivity index (χ1) is 7.00. The van der Waals surface area contributed by atoms with E-state index in [-0.39, 0.29) is 0 Å². The zero-order valence-corrected chi connectivity index (χ0v) is 9.46. The lowest BCUT2D eigenvalue weighted by Gasteiger charge is -2.06. The number of Topliss-reactive ketones (excluding diaryl/α,β-unsaturated/α-hetero) is 1. The Bertz CT molecular complexity index is 325. The standard InChI is InChI=1S/C13H17FO/c1-9(2)8-11-4-6-12(7-5-11)13(15)10(3)14/h4-7,9-10H,8H2,1-3H3. The summed E-state index contributed by atoms with van der Waals surface area (Å²) in [5.74, 6) is 0.151. The van der Waals surface area contributed by atoms with Crippen molar-refractivity contribution in [3.63, 3.8) is 0 Å². The molecule has 1 nitrogen and oxygen atoms in total. The van der Waals surface area contributed by atoms with Crippen LogP contribution in [0.25, 0.3) is 0 Å². The number of carbonyl (C=O) groups is 1. The van der Waals surface area contributed by atoms with Crippen LogP contribution in [0.1, 0.15) is 36.7 Å². The van der Waals surface area contributed by atoms with Crippen molar-refractivity contribution in [2.45, 2.75) is 33.4 Å². The Hall–Kier alpha value is -1.18. The second-order valence-corrected chi connectivity index (χ2v) is 4.28. The van der Waals surface area contributed by atoms with Crippen molar-refractivity contribution in [2.24, 2.45) is 5.92 Å². The van der Waals surface area contributed by atoms with E-state index < -0.39 is 12.0 Å². The van der Waals surface area contributed by atoms with E-state index in [0.717, 1.165) is 6.42 Å². The highest BCUT2D eigenvalue weighted by Crippen LogP contribution is 2.11. The van der Waals surface area contributed by atoms with Crippen LogP contribution in [0.2, 0.25) is 0 Å². The van der Waals surface area contributed by atoms with Gasteiger partial charge < -0.3 is 0 Å². The topological polar surface area (TPSA) is 17.1 Å². The van der Waals surface area contributed by atoms with Crippen molar-refractivity contribution in [1.82, 2.24) is 0 Å². The third-order valence-corrected chi connectivity index (χ3v) is 2.24. The van der Waals surface area contributed by atoms with Gasteiger partial charge in [-0.2, -0.15) is 0 Å². The molecule has 0 radical (unpaired) electrons. The minimum atomic E-state index is -1.42. The monoisotopic (exact) mass is 208 g/mol. The zero-order chi connectivity index (χ0) is 11.4. The van der Waals surface area contributed by atoms with Gasteiger partial charge in [0.25, 0.3) is 0 Å². The molecule has 0 N–H and O–H groups in total. The molecule has 1 rings (SSSR count). The molecule has 0 heterocycles. The minimum absolute atomic E-state index is 0.439. The largest absolute Gasteiger partial charge is 0.291 e. The molecule has 0 fully saturated rings. The average molecular weight is 208 g/mol. The van der Waals surface area contributed by atoms with Crippen molar-refractivity contribution >= 4 is 5.78 Å². The number of ketones is 1. The SMILES string of the molecule is CC(C)Cc1ccc(C(=O)C(C)F)cc1. The maximum atomic E-state index is 12.7. The fourth-order valence-electron chi connectivity index (χ4n) is 1.51. The smallest absolute Gasteiger partial charge is 0.196 e. The predicted molar refractivity (Wildman–Crippen MR) is 59.9 cm³/mol. The van der Waals surface area contributed by atoms with Gasteiger partial charge in [-0.15, -0.1) is 0 Å². The summed E-state index contributed by atoms with van der Waals surface area (Å²) in [4.78, 5) is 11.3. The molecule has 15 heavy (non-hydrogen) atoms. The van der Waals surface area contributed by atoms with Crippen LogP contribution in [0.5, 0.6) is 0 Å². The Labute approximate surface area is 90.3 Å². The molecule has 82 valence electrons. The predicted octanol–water partition coefficient (Wildman–Crippen LogP) is 3.43. The summed E-state index contributed by atoms with van der Waals surface area (Å²) >= 11 is 0. The number of carbonyl (C=O) groups excluding carboxylic acids is 1. The van der Waals surface area contributed by atoms with Crippen LogP contribution in [0.4, 0.5) is 4.39 Å². The minimum Gasteiger partial charge on any atom is -0.291 e. The van der Waals surface area contributed by atoms with E-state index in [4.69, 9.17) is 0 Å². The highest BCUT2D eigenvalue weighted by atomic mass is 19.1. The number of rotatable bonds is 4. The van der Waals surface area contributed by atoms with E-state index >= 15 is 0 Å². The Morgan fingerprint density at radius 1 is 1.20 bits per heavy atom. The number of hydrogen-bond acceptors (Lipinski definition) is 1. The van der Waals surface area contributed by atoms with Gasteiger partial charge in [0.2, 0.25) is 0 Å². The first-order valence-corrected chi connectivity index (χ1v) is 5.28. The van der Waals surface area contributed by atoms with Crippen molar-refractivity contribution in [1.29, 1.82) is 0 Å². The Balaban J connectivity index is 2.76. The second-order valence-electron chi connectivity index (χ2n) is 4.28. The van der Waals surface area contributed by atoms with Gasteiger partial charge in [0, 0.05) is 5.56 Å². The quantitative estimate of drug-likeness (QED) is 0.693. The lowest BCUT2D eigenvalue weighted by Crippen LogP contribution is -2.11. The lowest BCUT2D eigenvalue weighted by molar-refractivity contribution is 0.0893. The number of halogens is 1. The molecule has 0 saturated heterocycles. The van der Waals surface area contributed by atoms with Gasteiger partial charge in [0.15, 0.2) is 12.0 Å². The summed E-state index contributed by atoms with van der Waals surface area (Å²) in [6, 6.07) is 7.21. The molecule has 0 saturated carbocycles. The van der Waals surface area contributed by atoms with Gasteiger partial charge in [-0.05, 0) is 24.8 Å². The number of benzene rings is 1. The fourth-order valence-corrected chi connectivity index (χ4v) is 1.51. The Morgan fingerprint density at radius 3 is 2.13 bits per heavy atom. The first kappa shape index (κ1) is 11.9. The summed E-state index contributed by atoms with van der Waals surface area (Å²) in [5.41, 5.74) is 1.64. The maximum Gasteiger partial charge on any atom is 0.196 e. The van der Waals surface area contributed by atoms with Crippen molar-refractivity contribution in [3.8, 4) is 0 Å². The van der Waals surface area contributed by atoms with E-state index in [1.165, 1.54) is 12.5 Å². The van der Waals surface area contributed by atoms with Crippen LogP contribution < -0.4 is 0 Å². The second kappa shape index (κ2) is 5.06. The average Bonchev–Trinajstić information content (AvgIpc) is 2.17. The van der Waals surface area contributed by atoms with Gasteiger partial charge in [-0.3, -0.25) is 4.79 Å². The molecule has 1 unspecified atom stereocenters. The van der Waals surface area contributed by atoms with E-state index in [0.29, 0.717) is 11.5 Å². The number of hydrogen-bond donors (Lipinski definition) is 0. The normalized spacial score (nSPS) is 12.9. The van der Waals surface area contributed by atoms with Gasteiger partial charge in [0.1, 0.15) is 0 Å². The van der Waals surface area contributed by atoms with Gasteiger partial charge >= 0.3 is 0 Å². The molecule has 0 amide bonds. The molecule has 1 aromatic rings. The molecule has 0 aromatic heterocycles. The van der Waals surface area contributed by atoms with Crippen LogP contribution in [0, 0.1) is 5.92 Å². The fraction of sp³-hybridized carbons (Fsp3) is 0.462. The van der Waals surface area contributed by atoms with Crippen LogP contribution in [0.3, 0.4) is 0 Å². The summed E-state index contributed by atoms with van der Waals surface area (Å²) in [6.07, 6.45) is -0.430. The Kier molecular flexibility index (Phi) is 4.01. The van der Waals surface area contributed by atoms with Crippen molar-refractivity contribution < 1.29 is 9.18 Å². The molecular weight excluding hydrogens is 191 g/mol. The zero-order valence-electron chi connectivity index (χ0n) is 9.46. The van der Waals surface area contributed by atoms with Crippen LogP contribution in [0.15, 0.2) is 24.3 Å². The van der Waals surface area contributed by atoms with Crippen LogP contribution in [-0.2, 0) is 6.42 Å². The molecular formula is C13H17FO. The first-order valence-electron chi connectivity index (χ1n) is 5.28. The number of alkyl halides is 1. The van der Waals surface area contributed by atoms with Crippen LogP contribution in [-0.4, -0.2) is 12.0 Å². The highest BCUT2D eigenvalue weighted by molar-refractivity contribution is 5.99. The molecule has 0 aliphatic rings. The van der Waals surface area contributed by atoms with Gasteiger partial charge in [0.05, 0.1) is 0 Å². The molecule has 2 heteroatoms. The third kappa shape index (κ3) is 3.46. The van der Waals surface area contributed by atoms with E-state index in [1.807, 2.05) is 12.1 Å². The summed E-state index contributed by atoms with van der Waals surface area (Å²) in [6.45, 7) is 5.55. The lowest BCUT2D eigenvalue weighted by atomic mass is 10.00. The summed E-state index contributed by atoms with van der Waals surface area (Å²) < 4.78 is 12.7. The molecule has 1 aromatic carbocycles. The van der Waals surface area contributed by atoms with E-state index in [2.05, 4.69) is 13.8 Å². The highest BCUT2D eigenvalue weighted by Gasteiger charge is 2.13. The summed E-state index contributed by atoms with van der Waals surface area (Å²) in [7, 11) is 0.